The lowest BCUT2D eigenvalue weighted by Crippen LogP contribution is -2.32. The van der Waals surface area contributed by atoms with Crippen molar-refractivity contribution in [1.82, 2.24) is 5.32 Å². The summed E-state index contributed by atoms with van der Waals surface area (Å²) >= 11 is 3.31. The average Bonchev–Trinajstić information content (AvgIpc) is 2.41. The van der Waals surface area contributed by atoms with Crippen LogP contribution in [-0.2, 0) is 11.3 Å². The highest BCUT2D eigenvalue weighted by Crippen LogP contribution is 2.28. The Labute approximate surface area is 134 Å². The highest BCUT2D eigenvalue weighted by atomic mass is 79.9. The first-order chi connectivity index (χ1) is 9.85. The largest absolute Gasteiger partial charge is 0.493 e. The minimum atomic E-state index is -0.505. The van der Waals surface area contributed by atoms with E-state index in [0.717, 1.165) is 10.9 Å². The van der Waals surface area contributed by atoms with Crippen LogP contribution in [0.1, 0.15) is 26.3 Å². The lowest BCUT2D eigenvalue weighted by Gasteiger charge is -2.19. The SMILES string of the molecule is COc1cc(CNC(=O)OC(C)(C)C)ccc1OCCBr. The standard InChI is InChI=1S/C15H22BrNO4/c1-15(2,3)21-14(18)17-10-11-5-6-12(20-8-7-16)13(9-11)19-4/h5-6,9H,7-8,10H2,1-4H3,(H,17,18). The molecule has 5 nitrogen and oxygen atoms in total. The summed E-state index contributed by atoms with van der Waals surface area (Å²) in [7, 11) is 1.58. The number of carbonyl (C=O) groups excluding carboxylic acids is 1. The van der Waals surface area contributed by atoms with Crippen molar-refractivity contribution in [2.24, 2.45) is 0 Å². The maximum Gasteiger partial charge on any atom is 0.407 e. The van der Waals surface area contributed by atoms with E-state index in [1.165, 1.54) is 0 Å². The molecule has 6 heteroatoms. The summed E-state index contributed by atoms with van der Waals surface area (Å²) < 4.78 is 16.0. The number of benzene rings is 1. The summed E-state index contributed by atoms with van der Waals surface area (Å²) in [6, 6.07) is 5.54. The number of nitrogens with one attached hydrogen (secondary N) is 1. The molecule has 118 valence electrons. The Balaban J connectivity index is 2.62. The minimum absolute atomic E-state index is 0.365. The zero-order valence-electron chi connectivity index (χ0n) is 12.9. The van der Waals surface area contributed by atoms with Crippen LogP contribution in [0.4, 0.5) is 4.79 Å². The summed E-state index contributed by atoms with van der Waals surface area (Å²) in [4.78, 5) is 11.6. The first kappa shape index (κ1) is 17.6. The monoisotopic (exact) mass is 359 g/mol. The maximum absolute atomic E-state index is 11.6. The van der Waals surface area contributed by atoms with Crippen molar-refractivity contribution in [2.75, 3.05) is 19.0 Å². The minimum Gasteiger partial charge on any atom is -0.493 e. The van der Waals surface area contributed by atoms with Crippen LogP contribution in [0.3, 0.4) is 0 Å². The van der Waals surface area contributed by atoms with Crippen molar-refractivity contribution >= 4 is 22.0 Å². The van der Waals surface area contributed by atoms with Gasteiger partial charge in [-0.05, 0) is 38.5 Å². The number of hydrogen-bond donors (Lipinski definition) is 1. The van der Waals surface area contributed by atoms with Crippen LogP contribution < -0.4 is 14.8 Å². The molecule has 0 saturated carbocycles. The van der Waals surface area contributed by atoms with E-state index in [1.54, 1.807) is 7.11 Å². The van der Waals surface area contributed by atoms with Gasteiger partial charge in [-0.1, -0.05) is 22.0 Å². The molecular formula is C15H22BrNO4. The van der Waals surface area contributed by atoms with Gasteiger partial charge < -0.3 is 19.5 Å². The molecule has 0 radical (unpaired) electrons. The summed E-state index contributed by atoms with van der Waals surface area (Å²) in [5, 5.41) is 3.45. The molecule has 0 aliphatic heterocycles. The van der Waals surface area contributed by atoms with Crippen molar-refractivity contribution in [3.63, 3.8) is 0 Å². The topological polar surface area (TPSA) is 56.8 Å². The lowest BCUT2D eigenvalue weighted by molar-refractivity contribution is 0.0523. The normalized spacial score (nSPS) is 10.9. The Morgan fingerprint density at radius 1 is 1.29 bits per heavy atom. The first-order valence-corrected chi connectivity index (χ1v) is 7.80. The van der Waals surface area contributed by atoms with Gasteiger partial charge in [0.1, 0.15) is 5.60 Å². The third-order valence-electron chi connectivity index (χ3n) is 2.40. The first-order valence-electron chi connectivity index (χ1n) is 6.68. The Morgan fingerprint density at radius 2 is 2.00 bits per heavy atom. The number of rotatable bonds is 6. The molecule has 0 aliphatic rings. The Bertz CT molecular complexity index is 471. The van der Waals surface area contributed by atoms with Crippen molar-refractivity contribution in [1.29, 1.82) is 0 Å². The fraction of sp³-hybridized carbons (Fsp3) is 0.533. The second-order valence-corrected chi connectivity index (χ2v) is 6.17. The van der Waals surface area contributed by atoms with Crippen molar-refractivity contribution in [3.8, 4) is 11.5 Å². The van der Waals surface area contributed by atoms with Gasteiger partial charge in [0.15, 0.2) is 11.5 Å². The highest BCUT2D eigenvalue weighted by molar-refractivity contribution is 9.09. The van der Waals surface area contributed by atoms with Crippen LogP contribution in [0.25, 0.3) is 0 Å². The molecule has 0 fully saturated rings. The number of ether oxygens (including phenoxy) is 3. The molecule has 0 aromatic heterocycles. The Kier molecular flexibility index (Phi) is 6.81. The molecule has 0 heterocycles. The van der Waals surface area contributed by atoms with E-state index < -0.39 is 11.7 Å². The smallest absolute Gasteiger partial charge is 0.407 e. The van der Waals surface area contributed by atoms with Crippen LogP contribution >= 0.6 is 15.9 Å². The second-order valence-electron chi connectivity index (χ2n) is 5.38. The zero-order chi connectivity index (χ0) is 15.9. The lowest BCUT2D eigenvalue weighted by atomic mass is 10.2. The Hall–Kier alpha value is -1.43. The van der Waals surface area contributed by atoms with E-state index in [0.29, 0.717) is 24.7 Å². The molecule has 1 N–H and O–H groups in total. The van der Waals surface area contributed by atoms with E-state index in [1.807, 2.05) is 39.0 Å². The van der Waals surface area contributed by atoms with E-state index >= 15 is 0 Å². The number of halogens is 1. The summed E-state index contributed by atoms with van der Waals surface area (Å²) in [6.07, 6.45) is -0.443. The predicted molar refractivity (Wildman–Crippen MR) is 85.4 cm³/mol. The molecule has 0 unspecified atom stereocenters. The zero-order valence-corrected chi connectivity index (χ0v) is 14.5. The van der Waals surface area contributed by atoms with Gasteiger partial charge in [-0.3, -0.25) is 0 Å². The molecule has 1 rings (SSSR count). The van der Waals surface area contributed by atoms with Gasteiger partial charge in [0.2, 0.25) is 0 Å². The van der Waals surface area contributed by atoms with Crippen molar-refractivity contribution in [2.45, 2.75) is 32.9 Å². The molecular weight excluding hydrogens is 338 g/mol. The fourth-order valence-electron chi connectivity index (χ4n) is 1.58. The van der Waals surface area contributed by atoms with E-state index in [4.69, 9.17) is 14.2 Å². The number of carbonyl (C=O) groups is 1. The third-order valence-corrected chi connectivity index (χ3v) is 2.72. The molecule has 21 heavy (non-hydrogen) atoms. The predicted octanol–water partition coefficient (Wildman–Crippen LogP) is 3.49. The summed E-state index contributed by atoms with van der Waals surface area (Å²) in [5.41, 5.74) is 0.402. The highest BCUT2D eigenvalue weighted by Gasteiger charge is 2.16. The van der Waals surface area contributed by atoms with Gasteiger partial charge in [-0.2, -0.15) is 0 Å². The van der Waals surface area contributed by atoms with Crippen LogP contribution in [0.5, 0.6) is 11.5 Å². The molecule has 0 saturated heterocycles. The maximum atomic E-state index is 11.6. The quantitative estimate of drug-likeness (QED) is 0.789. The van der Waals surface area contributed by atoms with Crippen LogP contribution in [0, 0.1) is 0 Å². The Morgan fingerprint density at radius 3 is 2.57 bits per heavy atom. The fourth-order valence-corrected chi connectivity index (χ4v) is 1.74. The number of alkyl carbamates (subject to hydrolysis) is 1. The number of alkyl halides is 1. The summed E-state index contributed by atoms with van der Waals surface area (Å²) in [6.45, 7) is 6.40. The summed E-state index contributed by atoms with van der Waals surface area (Å²) in [5.74, 6) is 1.32. The van der Waals surface area contributed by atoms with E-state index in [9.17, 15) is 4.79 Å². The van der Waals surface area contributed by atoms with Crippen LogP contribution in [0.2, 0.25) is 0 Å². The molecule has 0 atom stereocenters. The van der Waals surface area contributed by atoms with Crippen LogP contribution in [0.15, 0.2) is 18.2 Å². The second kappa shape index (κ2) is 8.12. The number of hydrogen-bond acceptors (Lipinski definition) is 4. The van der Waals surface area contributed by atoms with Crippen molar-refractivity contribution in [3.05, 3.63) is 23.8 Å². The molecule has 0 bridgehead atoms. The van der Waals surface area contributed by atoms with Gasteiger partial charge in [-0.25, -0.2) is 4.79 Å². The molecule has 1 aromatic carbocycles. The van der Waals surface area contributed by atoms with Gasteiger partial charge in [0, 0.05) is 11.9 Å². The van der Waals surface area contributed by atoms with Gasteiger partial charge in [0.25, 0.3) is 0 Å². The number of amides is 1. The van der Waals surface area contributed by atoms with E-state index in [-0.39, 0.29) is 0 Å². The van der Waals surface area contributed by atoms with Gasteiger partial charge in [0.05, 0.1) is 13.7 Å². The van der Waals surface area contributed by atoms with Crippen LogP contribution in [-0.4, -0.2) is 30.7 Å². The molecule has 1 aromatic rings. The number of methoxy groups -OCH3 is 1. The average molecular weight is 360 g/mol. The molecule has 1 amide bonds. The van der Waals surface area contributed by atoms with Gasteiger partial charge in [-0.15, -0.1) is 0 Å². The third kappa shape index (κ3) is 6.71. The molecule has 0 aliphatic carbocycles. The van der Waals surface area contributed by atoms with Gasteiger partial charge >= 0.3 is 6.09 Å². The van der Waals surface area contributed by atoms with Crippen molar-refractivity contribution < 1.29 is 19.0 Å². The molecule has 0 spiro atoms. The van der Waals surface area contributed by atoms with E-state index in [2.05, 4.69) is 21.2 Å².